The number of aromatic nitrogens is 1. The highest BCUT2D eigenvalue weighted by atomic mass is 19.1. The Bertz CT molecular complexity index is 715. The molecule has 17 heavy (non-hydrogen) atoms. The molecule has 0 radical (unpaired) electrons. The SMILES string of the molecule is COc1ccc(F)c2c1c1ccccc1n2C. The van der Waals surface area contributed by atoms with Gasteiger partial charge in [-0.2, -0.15) is 0 Å². The van der Waals surface area contributed by atoms with Gasteiger partial charge < -0.3 is 9.30 Å². The summed E-state index contributed by atoms with van der Waals surface area (Å²) < 4.78 is 21.1. The molecule has 3 rings (SSSR count). The number of para-hydroxylation sites is 1. The van der Waals surface area contributed by atoms with Crippen molar-refractivity contribution in [3.63, 3.8) is 0 Å². The Morgan fingerprint density at radius 2 is 1.88 bits per heavy atom. The van der Waals surface area contributed by atoms with Crippen LogP contribution in [0.2, 0.25) is 0 Å². The molecular formula is C14H12FNO. The Morgan fingerprint density at radius 3 is 2.65 bits per heavy atom. The van der Waals surface area contributed by atoms with Crippen LogP contribution in [0.25, 0.3) is 21.8 Å². The fraction of sp³-hybridized carbons (Fsp3) is 0.143. The summed E-state index contributed by atoms with van der Waals surface area (Å²) in [4.78, 5) is 0. The molecule has 0 atom stereocenters. The Labute approximate surface area is 98.2 Å². The molecule has 0 N–H and O–H groups in total. The first-order valence-corrected chi connectivity index (χ1v) is 5.43. The van der Waals surface area contributed by atoms with Gasteiger partial charge in [0.05, 0.1) is 18.0 Å². The molecule has 3 heteroatoms. The molecule has 2 aromatic carbocycles. The van der Waals surface area contributed by atoms with Gasteiger partial charge in [0, 0.05) is 18.0 Å². The molecule has 2 nitrogen and oxygen atoms in total. The van der Waals surface area contributed by atoms with Gasteiger partial charge in [0.2, 0.25) is 0 Å². The molecule has 0 amide bonds. The van der Waals surface area contributed by atoms with E-state index in [1.165, 1.54) is 6.07 Å². The predicted octanol–water partition coefficient (Wildman–Crippen LogP) is 3.48. The Balaban J connectivity index is 2.65. The van der Waals surface area contributed by atoms with Crippen molar-refractivity contribution in [2.45, 2.75) is 0 Å². The molecule has 0 aliphatic heterocycles. The van der Waals surface area contributed by atoms with Crippen molar-refractivity contribution in [2.75, 3.05) is 7.11 Å². The summed E-state index contributed by atoms with van der Waals surface area (Å²) in [5, 5.41) is 1.85. The maximum absolute atomic E-state index is 13.9. The Kier molecular flexibility index (Phi) is 2.08. The van der Waals surface area contributed by atoms with Crippen LogP contribution < -0.4 is 4.74 Å². The zero-order valence-electron chi connectivity index (χ0n) is 9.70. The second-order valence-electron chi connectivity index (χ2n) is 4.05. The van der Waals surface area contributed by atoms with Crippen LogP contribution >= 0.6 is 0 Å². The molecule has 86 valence electrons. The lowest BCUT2D eigenvalue weighted by Gasteiger charge is -2.03. The standard InChI is InChI=1S/C14H12FNO/c1-16-11-6-4-3-5-9(11)13-12(17-2)8-7-10(15)14(13)16/h3-8H,1-2H3. The van der Waals surface area contributed by atoms with Gasteiger partial charge in [-0.05, 0) is 18.2 Å². The molecule has 0 saturated carbocycles. The summed E-state index contributed by atoms with van der Waals surface area (Å²) in [5.41, 5.74) is 1.59. The lowest BCUT2D eigenvalue weighted by molar-refractivity contribution is 0.419. The van der Waals surface area contributed by atoms with Crippen molar-refractivity contribution in [2.24, 2.45) is 7.05 Å². The van der Waals surface area contributed by atoms with Crippen LogP contribution in [0.3, 0.4) is 0 Å². The maximum Gasteiger partial charge on any atom is 0.147 e. The highest BCUT2D eigenvalue weighted by molar-refractivity contribution is 6.11. The molecule has 0 bridgehead atoms. The van der Waals surface area contributed by atoms with Gasteiger partial charge in [-0.1, -0.05) is 18.2 Å². The van der Waals surface area contributed by atoms with Crippen LogP contribution in [-0.2, 0) is 7.05 Å². The highest BCUT2D eigenvalue weighted by Gasteiger charge is 2.15. The van der Waals surface area contributed by atoms with E-state index >= 15 is 0 Å². The smallest absolute Gasteiger partial charge is 0.147 e. The molecule has 0 spiro atoms. The number of rotatable bonds is 1. The number of methoxy groups -OCH3 is 1. The summed E-state index contributed by atoms with van der Waals surface area (Å²) in [7, 11) is 3.47. The van der Waals surface area contributed by atoms with Crippen molar-refractivity contribution in [3.05, 3.63) is 42.2 Å². The predicted molar refractivity (Wildman–Crippen MR) is 66.9 cm³/mol. The molecule has 1 heterocycles. The molecule has 0 aliphatic rings. The number of hydrogen-bond donors (Lipinski definition) is 0. The summed E-state index contributed by atoms with van der Waals surface area (Å²) in [5.74, 6) is 0.484. The highest BCUT2D eigenvalue weighted by Crippen LogP contribution is 2.36. The second kappa shape index (κ2) is 3.48. The first kappa shape index (κ1) is 10.1. The van der Waals surface area contributed by atoms with Crippen LogP contribution in [0, 0.1) is 5.82 Å². The molecule has 1 aromatic heterocycles. The first-order chi connectivity index (χ1) is 8.24. The van der Waals surface area contributed by atoms with Crippen LogP contribution in [0.5, 0.6) is 5.75 Å². The number of benzene rings is 2. The topological polar surface area (TPSA) is 14.2 Å². The minimum atomic E-state index is -0.223. The lowest BCUT2D eigenvalue weighted by Crippen LogP contribution is -1.91. The van der Waals surface area contributed by atoms with E-state index in [9.17, 15) is 4.39 Å². The van der Waals surface area contributed by atoms with Crippen LogP contribution in [0.15, 0.2) is 36.4 Å². The summed E-state index contributed by atoms with van der Waals surface area (Å²) in [6.45, 7) is 0. The Hall–Kier alpha value is -2.03. The van der Waals surface area contributed by atoms with E-state index in [2.05, 4.69) is 0 Å². The molecule has 0 aliphatic carbocycles. The summed E-state index contributed by atoms with van der Waals surface area (Å²) >= 11 is 0. The molecule has 0 unspecified atom stereocenters. The number of ether oxygens (including phenoxy) is 1. The van der Waals surface area contributed by atoms with Crippen molar-refractivity contribution in [1.29, 1.82) is 0 Å². The monoisotopic (exact) mass is 229 g/mol. The second-order valence-corrected chi connectivity index (χ2v) is 4.05. The molecule has 0 fully saturated rings. The van der Waals surface area contributed by atoms with E-state index in [0.717, 1.165) is 16.3 Å². The number of aryl methyl sites for hydroxylation is 1. The average Bonchev–Trinajstić information content (AvgIpc) is 2.66. The van der Waals surface area contributed by atoms with E-state index in [4.69, 9.17) is 4.74 Å². The minimum absolute atomic E-state index is 0.223. The van der Waals surface area contributed by atoms with Gasteiger partial charge in [0.1, 0.15) is 11.6 Å². The van der Waals surface area contributed by atoms with Crippen molar-refractivity contribution >= 4 is 21.8 Å². The van der Waals surface area contributed by atoms with Crippen molar-refractivity contribution < 1.29 is 9.13 Å². The van der Waals surface area contributed by atoms with E-state index < -0.39 is 0 Å². The van der Waals surface area contributed by atoms with Gasteiger partial charge in [0.25, 0.3) is 0 Å². The van der Waals surface area contributed by atoms with E-state index in [1.54, 1.807) is 13.2 Å². The van der Waals surface area contributed by atoms with Gasteiger partial charge in [-0.25, -0.2) is 4.39 Å². The lowest BCUT2D eigenvalue weighted by atomic mass is 10.1. The fourth-order valence-electron chi connectivity index (χ4n) is 2.40. The van der Waals surface area contributed by atoms with Gasteiger partial charge in [-0.3, -0.25) is 0 Å². The number of hydrogen-bond acceptors (Lipinski definition) is 1. The quantitative estimate of drug-likeness (QED) is 0.623. The van der Waals surface area contributed by atoms with Gasteiger partial charge >= 0.3 is 0 Å². The van der Waals surface area contributed by atoms with Crippen LogP contribution in [-0.4, -0.2) is 11.7 Å². The fourth-order valence-corrected chi connectivity index (χ4v) is 2.40. The molecular weight excluding hydrogens is 217 g/mol. The normalized spacial score (nSPS) is 11.2. The van der Waals surface area contributed by atoms with E-state index in [-0.39, 0.29) is 5.82 Å². The number of nitrogens with zero attached hydrogens (tertiary/aromatic N) is 1. The molecule has 3 aromatic rings. The third kappa shape index (κ3) is 1.25. The van der Waals surface area contributed by atoms with E-state index in [0.29, 0.717) is 11.3 Å². The van der Waals surface area contributed by atoms with Crippen molar-refractivity contribution in [3.8, 4) is 5.75 Å². The number of fused-ring (bicyclic) bond motifs is 3. The molecule has 0 saturated heterocycles. The van der Waals surface area contributed by atoms with Crippen molar-refractivity contribution in [1.82, 2.24) is 4.57 Å². The van der Waals surface area contributed by atoms with Crippen LogP contribution in [0.1, 0.15) is 0 Å². The zero-order valence-corrected chi connectivity index (χ0v) is 9.70. The third-order valence-corrected chi connectivity index (χ3v) is 3.18. The summed E-state index contributed by atoms with van der Waals surface area (Å²) in [6.07, 6.45) is 0. The average molecular weight is 229 g/mol. The Morgan fingerprint density at radius 1 is 1.12 bits per heavy atom. The van der Waals surface area contributed by atoms with Crippen LogP contribution in [0.4, 0.5) is 4.39 Å². The maximum atomic E-state index is 13.9. The van der Waals surface area contributed by atoms with Gasteiger partial charge in [-0.15, -0.1) is 0 Å². The largest absolute Gasteiger partial charge is 0.496 e. The summed E-state index contributed by atoms with van der Waals surface area (Å²) in [6, 6.07) is 11.0. The van der Waals surface area contributed by atoms with Gasteiger partial charge in [0.15, 0.2) is 0 Å². The third-order valence-electron chi connectivity index (χ3n) is 3.18. The number of halogens is 1. The zero-order chi connectivity index (χ0) is 12.0. The first-order valence-electron chi connectivity index (χ1n) is 5.43. The van der Waals surface area contributed by atoms with E-state index in [1.807, 2.05) is 35.9 Å². The minimum Gasteiger partial charge on any atom is -0.496 e.